The van der Waals surface area contributed by atoms with Gasteiger partial charge in [-0.1, -0.05) is 42.1 Å². The van der Waals surface area contributed by atoms with Crippen LogP contribution in [0.1, 0.15) is 55.3 Å². The number of amides is 2. The maximum Gasteiger partial charge on any atom is 0.321 e. The van der Waals surface area contributed by atoms with Gasteiger partial charge in [0.2, 0.25) is 5.89 Å². The molecule has 6 nitrogen and oxygen atoms in total. The van der Waals surface area contributed by atoms with Gasteiger partial charge in [0, 0.05) is 36.6 Å². The lowest BCUT2D eigenvalue weighted by Gasteiger charge is -2.17. The Morgan fingerprint density at radius 2 is 2.12 bits per heavy atom. The van der Waals surface area contributed by atoms with Crippen molar-refractivity contribution in [1.82, 2.24) is 15.0 Å². The molecule has 26 heavy (non-hydrogen) atoms. The lowest BCUT2D eigenvalue weighted by Crippen LogP contribution is -2.33. The number of carbonyl (C=O) groups excluding carboxylic acids is 1. The van der Waals surface area contributed by atoms with Crippen molar-refractivity contribution in [3.8, 4) is 0 Å². The molecule has 1 fully saturated rings. The van der Waals surface area contributed by atoms with Gasteiger partial charge in [0.05, 0.1) is 0 Å². The third-order valence-electron chi connectivity index (χ3n) is 4.88. The van der Waals surface area contributed by atoms with Gasteiger partial charge in [-0.05, 0) is 37.5 Å². The molecule has 0 radical (unpaired) electrons. The summed E-state index contributed by atoms with van der Waals surface area (Å²) in [6.07, 6.45) is 6.58. The first-order chi connectivity index (χ1) is 12.5. The molecule has 0 spiro atoms. The van der Waals surface area contributed by atoms with Crippen molar-refractivity contribution in [2.24, 2.45) is 0 Å². The number of likely N-dealkylation sites (N-methyl/N-ethyl adjacent to an activating group) is 1. The largest absolute Gasteiger partial charge is 0.339 e. The van der Waals surface area contributed by atoms with Crippen LogP contribution in [0.15, 0.2) is 22.7 Å². The van der Waals surface area contributed by atoms with Gasteiger partial charge in [-0.15, -0.1) is 0 Å². The second kappa shape index (κ2) is 8.54. The molecule has 0 atom stereocenters. The number of aryl methyl sites for hydroxylation is 1. The summed E-state index contributed by atoms with van der Waals surface area (Å²) in [6.45, 7) is 2.43. The van der Waals surface area contributed by atoms with Gasteiger partial charge in [-0.3, -0.25) is 0 Å². The fourth-order valence-electron chi connectivity index (χ4n) is 3.14. The maximum absolute atomic E-state index is 12.3. The molecule has 1 aromatic carbocycles. The molecule has 1 saturated carbocycles. The Morgan fingerprint density at radius 3 is 2.85 bits per heavy atom. The fourth-order valence-corrected chi connectivity index (χ4v) is 3.32. The lowest BCUT2D eigenvalue weighted by molar-refractivity contribution is 0.222. The molecule has 7 heteroatoms. The highest BCUT2D eigenvalue weighted by Crippen LogP contribution is 2.31. The van der Waals surface area contributed by atoms with Crippen molar-refractivity contribution in [2.75, 3.05) is 18.9 Å². The Labute approximate surface area is 158 Å². The molecule has 2 aromatic rings. The molecule has 1 aliphatic carbocycles. The van der Waals surface area contributed by atoms with E-state index in [1.807, 2.05) is 19.1 Å². The third kappa shape index (κ3) is 4.75. The molecule has 3 rings (SSSR count). The van der Waals surface area contributed by atoms with Gasteiger partial charge in [0.1, 0.15) is 0 Å². The zero-order valence-corrected chi connectivity index (χ0v) is 16.1. The van der Waals surface area contributed by atoms with Crippen LogP contribution in [0.5, 0.6) is 0 Å². The van der Waals surface area contributed by atoms with E-state index in [1.54, 1.807) is 18.0 Å². The number of urea groups is 1. The zero-order valence-electron chi connectivity index (χ0n) is 15.3. The predicted octanol–water partition coefficient (Wildman–Crippen LogP) is 4.79. The number of hydrogen-bond donors (Lipinski definition) is 1. The molecule has 0 unspecified atom stereocenters. The quantitative estimate of drug-likeness (QED) is 0.814. The molecule has 0 aliphatic heterocycles. The molecule has 1 N–H and O–H groups in total. The molecule has 1 aromatic heterocycles. The Bertz CT molecular complexity index is 756. The molecule has 1 heterocycles. The Kier molecular flexibility index (Phi) is 6.14. The van der Waals surface area contributed by atoms with Gasteiger partial charge in [-0.2, -0.15) is 4.98 Å². The number of nitrogens with zero attached hydrogens (tertiary/aromatic N) is 3. The number of carbonyl (C=O) groups is 1. The number of rotatable bonds is 5. The molecule has 140 valence electrons. The minimum absolute atomic E-state index is 0.194. The zero-order chi connectivity index (χ0) is 18.5. The monoisotopic (exact) mass is 376 g/mol. The highest BCUT2D eigenvalue weighted by Gasteiger charge is 2.21. The van der Waals surface area contributed by atoms with E-state index in [1.165, 1.54) is 19.3 Å². The minimum Gasteiger partial charge on any atom is -0.339 e. The van der Waals surface area contributed by atoms with Crippen LogP contribution in [0.2, 0.25) is 5.02 Å². The van der Waals surface area contributed by atoms with E-state index in [0.717, 1.165) is 24.3 Å². The first kappa shape index (κ1) is 18.7. The van der Waals surface area contributed by atoms with E-state index in [0.29, 0.717) is 35.4 Å². The van der Waals surface area contributed by atoms with Gasteiger partial charge in [0.15, 0.2) is 5.82 Å². The number of benzene rings is 1. The van der Waals surface area contributed by atoms with E-state index in [2.05, 4.69) is 15.5 Å². The summed E-state index contributed by atoms with van der Waals surface area (Å²) in [4.78, 5) is 18.4. The van der Waals surface area contributed by atoms with Crippen LogP contribution in [0.4, 0.5) is 10.5 Å². The van der Waals surface area contributed by atoms with Crippen molar-refractivity contribution < 1.29 is 9.32 Å². The molecular formula is C19H25ClN4O2. The highest BCUT2D eigenvalue weighted by atomic mass is 35.5. The molecule has 2 amide bonds. The topological polar surface area (TPSA) is 71.3 Å². The Balaban J connectivity index is 1.50. The van der Waals surface area contributed by atoms with Crippen molar-refractivity contribution in [3.05, 3.63) is 40.5 Å². The summed E-state index contributed by atoms with van der Waals surface area (Å²) in [5.74, 6) is 1.81. The molecular weight excluding hydrogens is 352 g/mol. The Hall–Kier alpha value is -2.08. The predicted molar refractivity (Wildman–Crippen MR) is 102 cm³/mol. The van der Waals surface area contributed by atoms with E-state index in [-0.39, 0.29) is 6.03 Å². The summed E-state index contributed by atoms with van der Waals surface area (Å²) >= 11 is 6.09. The van der Waals surface area contributed by atoms with Crippen LogP contribution >= 0.6 is 11.6 Å². The number of anilines is 1. The van der Waals surface area contributed by atoms with Crippen molar-refractivity contribution in [3.63, 3.8) is 0 Å². The molecule has 1 aliphatic rings. The van der Waals surface area contributed by atoms with Crippen LogP contribution in [0.3, 0.4) is 0 Å². The third-order valence-corrected chi connectivity index (χ3v) is 5.29. The second-order valence-corrected chi connectivity index (χ2v) is 7.36. The minimum atomic E-state index is -0.194. The lowest BCUT2D eigenvalue weighted by atomic mass is 9.89. The molecule has 0 bridgehead atoms. The van der Waals surface area contributed by atoms with Gasteiger partial charge >= 0.3 is 6.03 Å². The SMILES string of the molecule is Cc1ccc(NC(=O)N(C)CCc2noc(C3CCCCC3)n2)cc1Cl. The standard InChI is InChI=1S/C19H25ClN4O2/c1-13-8-9-15(12-16(13)20)21-19(25)24(2)11-10-17-22-18(26-23-17)14-6-4-3-5-7-14/h8-9,12,14H,3-7,10-11H2,1-2H3,(H,21,25). The number of nitrogens with one attached hydrogen (secondary N) is 1. The van der Waals surface area contributed by atoms with Crippen LogP contribution in [0, 0.1) is 6.92 Å². The van der Waals surface area contributed by atoms with Crippen molar-refractivity contribution >= 4 is 23.3 Å². The van der Waals surface area contributed by atoms with Crippen molar-refractivity contribution in [1.29, 1.82) is 0 Å². The molecule has 0 saturated heterocycles. The average molecular weight is 377 g/mol. The number of halogens is 1. The highest BCUT2D eigenvalue weighted by molar-refractivity contribution is 6.31. The van der Waals surface area contributed by atoms with E-state index >= 15 is 0 Å². The Morgan fingerprint density at radius 1 is 1.35 bits per heavy atom. The summed E-state index contributed by atoms with van der Waals surface area (Å²) in [6, 6.07) is 5.27. The first-order valence-corrected chi connectivity index (χ1v) is 9.51. The van der Waals surface area contributed by atoms with E-state index in [4.69, 9.17) is 16.1 Å². The van der Waals surface area contributed by atoms with E-state index < -0.39 is 0 Å². The first-order valence-electron chi connectivity index (χ1n) is 9.13. The van der Waals surface area contributed by atoms with Gasteiger partial charge in [-0.25, -0.2) is 4.79 Å². The van der Waals surface area contributed by atoms with Gasteiger partial charge < -0.3 is 14.7 Å². The smallest absolute Gasteiger partial charge is 0.321 e. The van der Waals surface area contributed by atoms with Gasteiger partial charge in [0.25, 0.3) is 0 Å². The van der Waals surface area contributed by atoms with Crippen LogP contribution in [0.25, 0.3) is 0 Å². The average Bonchev–Trinajstić information content (AvgIpc) is 3.12. The van der Waals surface area contributed by atoms with Crippen LogP contribution in [-0.2, 0) is 6.42 Å². The summed E-state index contributed by atoms with van der Waals surface area (Å²) < 4.78 is 5.42. The number of aromatic nitrogens is 2. The summed E-state index contributed by atoms with van der Waals surface area (Å²) in [7, 11) is 1.74. The summed E-state index contributed by atoms with van der Waals surface area (Å²) in [5, 5.41) is 7.54. The second-order valence-electron chi connectivity index (χ2n) is 6.95. The maximum atomic E-state index is 12.3. The van der Waals surface area contributed by atoms with Crippen LogP contribution < -0.4 is 5.32 Å². The fraction of sp³-hybridized carbons (Fsp3) is 0.526. The summed E-state index contributed by atoms with van der Waals surface area (Å²) in [5.41, 5.74) is 1.65. The van der Waals surface area contributed by atoms with E-state index in [9.17, 15) is 4.79 Å². The number of hydrogen-bond acceptors (Lipinski definition) is 4. The van der Waals surface area contributed by atoms with Crippen molar-refractivity contribution in [2.45, 2.75) is 51.4 Å². The normalized spacial score (nSPS) is 15.0. The van der Waals surface area contributed by atoms with Crippen LogP contribution in [-0.4, -0.2) is 34.7 Å².